The fourth-order valence-electron chi connectivity index (χ4n) is 1.91. The lowest BCUT2D eigenvalue weighted by atomic mass is 10.2. The zero-order chi connectivity index (χ0) is 14.4. The maximum Gasteiger partial charge on any atom is 0.261 e. The number of nitrogens with one attached hydrogen (secondary N) is 1. The molecule has 0 radical (unpaired) electrons. The van der Waals surface area contributed by atoms with E-state index >= 15 is 0 Å². The third kappa shape index (κ3) is 5.11. The van der Waals surface area contributed by atoms with Crippen molar-refractivity contribution < 1.29 is 14.3 Å². The van der Waals surface area contributed by atoms with E-state index in [0.29, 0.717) is 24.6 Å². The fraction of sp³-hybridized carbons (Fsp3) is 0.615. The number of carbonyl (C=O) groups excluding carboxylic acids is 1. The molecule has 1 fully saturated rings. The van der Waals surface area contributed by atoms with Crippen molar-refractivity contribution in [1.82, 2.24) is 5.32 Å². The minimum Gasteiger partial charge on any atom is -0.379 e. The number of hydrogen-bond acceptors (Lipinski definition) is 4. The molecule has 7 heteroatoms. The summed E-state index contributed by atoms with van der Waals surface area (Å²) < 4.78 is 12.8. The van der Waals surface area contributed by atoms with Crippen LogP contribution in [0.1, 0.15) is 28.9 Å². The average Bonchev–Trinajstić information content (AvgIpc) is 3.04. The minimum absolute atomic E-state index is 0.0412. The Labute approximate surface area is 139 Å². The SMILES string of the molecule is O=C(NCCCOCC1CCCO1)c1cc(Br)c(Br)s1. The number of carbonyl (C=O) groups is 1. The number of rotatable bonds is 7. The predicted molar refractivity (Wildman–Crippen MR) is 86.5 cm³/mol. The van der Waals surface area contributed by atoms with Gasteiger partial charge in [-0.1, -0.05) is 0 Å². The van der Waals surface area contributed by atoms with Crippen LogP contribution < -0.4 is 5.32 Å². The molecule has 1 aliphatic heterocycles. The van der Waals surface area contributed by atoms with Crippen molar-refractivity contribution in [1.29, 1.82) is 0 Å². The average molecular weight is 427 g/mol. The molecule has 20 heavy (non-hydrogen) atoms. The summed E-state index contributed by atoms with van der Waals surface area (Å²) in [6.07, 6.45) is 3.31. The Kier molecular flexibility index (Phi) is 6.96. The molecule has 1 aliphatic rings. The molecule has 2 rings (SSSR count). The van der Waals surface area contributed by atoms with Crippen LogP contribution >= 0.6 is 43.2 Å². The third-order valence-electron chi connectivity index (χ3n) is 2.95. The summed E-state index contributed by atoms with van der Waals surface area (Å²) in [5.41, 5.74) is 0. The quantitative estimate of drug-likeness (QED) is 0.677. The highest BCUT2D eigenvalue weighted by Gasteiger charge is 2.15. The highest BCUT2D eigenvalue weighted by atomic mass is 79.9. The van der Waals surface area contributed by atoms with E-state index in [4.69, 9.17) is 9.47 Å². The third-order valence-corrected chi connectivity index (χ3v) is 6.20. The molecular weight excluding hydrogens is 410 g/mol. The van der Waals surface area contributed by atoms with Gasteiger partial charge in [-0.05, 0) is 57.2 Å². The maximum atomic E-state index is 11.8. The molecule has 4 nitrogen and oxygen atoms in total. The Morgan fingerprint density at radius 3 is 3.05 bits per heavy atom. The number of halogens is 2. The lowest BCUT2D eigenvalue weighted by Crippen LogP contribution is -2.25. The Morgan fingerprint density at radius 1 is 1.55 bits per heavy atom. The largest absolute Gasteiger partial charge is 0.379 e. The van der Waals surface area contributed by atoms with Gasteiger partial charge in [-0.2, -0.15) is 0 Å². The molecule has 112 valence electrons. The van der Waals surface area contributed by atoms with Gasteiger partial charge in [-0.3, -0.25) is 4.79 Å². The second-order valence-electron chi connectivity index (χ2n) is 4.55. The van der Waals surface area contributed by atoms with Crippen molar-refractivity contribution in [3.63, 3.8) is 0 Å². The van der Waals surface area contributed by atoms with Gasteiger partial charge >= 0.3 is 0 Å². The van der Waals surface area contributed by atoms with Crippen LogP contribution in [0.25, 0.3) is 0 Å². The van der Waals surface area contributed by atoms with E-state index in [2.05, 4.69) is 37.2 Å². The molecule has 0 aliphatic carbocycles. The van der Waals surface area contributed by atoms with Gasteiger partial charge in [-0.15, -0.1) is 11.3 Å². The second-order valence-corrected chi connectivity index (χ2v) is 7.78. The van der Waals surface area contributed by atoms with Crippen LogP contribution in [0.15, 0.2) is 14.3 Å². The summed E-state index contributed by atoms with van der Waals surface area (Å²) in [7, 11) is 0. The van der Waals surface area contributed by atoms with Crippen LogP contribution in [0.2, 0.25) is 0 Å². The van der Waals surface area contributed by atoms with E-state index < -0.39 is 0 Å². The first-order valence-electron chi connectivity index (χ1n) is 6.59. The predicted octanol–water partition coefficient (Wildman–Crippen LogP) is 3.59. The summed E-state index contributed by atoms with van der Waals surface area (Å²) in [6, 6.07) is 1.82. The number of thiophene rings is 1. The Hall–Kier alpha value is 0.0500. The van der Waals surface area contributed by atoms with E-state index in [1.165, 1.54) is 11.3 Å². The zero-order valence-corrected chi connectivity index (χ0v) is 15.0. The summed E-state index contributed by atoms with van der Waals surface area (Å²) in [6.45, 7) is 2.80. The first kappa shape index (κ1) is 16.4. The van der Waals surface area contributed by atoms with Crippen LogP contribution in [-0.2, 0) is 9.47 Å². The van der Waals surface area contributed by atoms with Crippen LogP contribution in [0.4, 0.5) is 0 Å². The normalized spacial score (nSPS) is 18.4. The van der Waals surface area contributed by atoms with Crippen molar-refractivity contribution in [3.8, 4) is 0 Å². The lowest BCUT2D eigenvalue weighted by molar-refractivity contribution is 0.0166. The summed E-state index contributed by atoms with van der Waals surface area (Å²) in [4.78, 5) is 12.5. The van der Waals surface area contributed by atoms with Crippen LogP contribution in [0.3, 0.4) is 0 Å². The molecule has 1 atom stereocenters. The van der Waals surface area contributed by atoms with Crippen molar-refractivity contribution >= 4 is 49.1 Å². The van der Waals surface area contributed by atoms with Gasteiger partial charge in [0.25, 0.3) is 5.91 Å². The van der Waals surface area contributed by atoms with Gasteiger partial charge in [0.15, 0.2) is 0 Å². The van der Waals surface area contributed by atoms with E-state index in [1.54, 1.807) is 0 Å². The first-order valence-corrected chi connectivity index (χ1v) is 8.99. The summed E-state index contributed by atoms with van der Waals surface area (Å²) >= 11 is 8.17. The Balaban J connectivity index is 1.55. The molecule has 1 aromatic heterocycles. The molecule has 0 aromatic carbocycles. The van der Waals surface area contributed by atoms with Crippen molar-refractivity contribution in [2.75, 3.05) is 26.4 Å². The molecule has 0 saturated carbocycles. The van der Waals surface area contributed by atoms with Crippen LogP contribution in [-0.4, -0.2) is 38.4 Å². The molecule has 1 amide bonds. The van der Waals surface area contributed by atoms with E-state index in [0.717, 1.165) is 34.1 Å². The molecule has 0 spiro atoms. The van der Waals surface area contributed by atoms with E-state index in [-0.39, 0.29) is 12.0 Å². The molecule has 0 bridgehead atoms. The summed E-state index contributed by atoms with van der Waals surface area (Å²) in [5, 5.41) is 2.89. The van der Waals surface area contributed by atoms with Gasteiger partial charge in [0.1, 0.15) is 0 Å². The van der Waals surface area contributed by atoms with Gasteiger partial charge in [0, 0.05) is 24.2 Å². The Morgan fingerprint density at radius 2 is 2.40 bits per heavy atom. The molecule has 2 heterocycles. The highest BCUT2D eigenvalue weighted by Crippen LogP contribution is 2.32. The smallest absolute Gasteiger partial charge is 0.261 e. The minimum atomic E-state index is -0.0412. The van der Waals surface area contributed by atoms with Crippen molar-refractivity contribution in [2.45, 2.75) is 25.4 Å². The fourth-order valence-corrected chi connectivity index (χ4v) is 3.86. The van der Waals surface area contributed by atoms with E-state index in [1.807, 2.05) is 6.07 Å². The summed E-state index contributed by atoms with van der Waals surface area (Å²) in [5.74, 6) is -0.0412. The molecule has 1 aromatic rings. The Bertz CT molecular complexity index is 427. The standard InChI is InChI=1S/C13H17Br2NO3S/c14-10-7-11(20-12(10)15)13(17)16-4-2-5-18-8-9-3-1-6-19-9/h7,9H,1-6,8H2,(H,16,17). The van der Waals surface area contributed by atoms with Crippen LogP contribution in [0.5, 0.6) is 0 Å². The van der Waals surface area contributed by atoms with Gasteiger partial charge in [-0.25, -0.2) is 0 Å². The van der Waals surface area contributed by atoms with Gasteiger partial charge in [0.05, 0.1) is 21.4 Å². The number of ether oxygens (including phenoxy) is 2. The monoisotopic (exact) mass is 425 g/mol. The number of amides is 1. The first-order chi connectivity index (χ1) is 9.66. The molecular formula is C13H17Br2NO3S. The molecule has 1 unspecified atom stereocenters. The highest BCUT2D eigenvalue weighted by molar-refractivity contribution is 9.13. The number of hydrogen-bond donors (Lipinski definition) is 1. The van der Waals surface area contributed by atoms with Gasteiger partial charge < -0.3 is 14.8 Å². The van der Waals surface area contributed by atoms with Gasteiger partial charge in [0.2, 0.25) is 0 Å². The zero-order valence-electron chi connectivity index (χ0n) is 11.0. The lowest BCUT2D eigenvalue weighted by Gasteiger charge is -2.10. The second kappa shape index (κ2) is 8.48. The topological polar surface area (TPSA) is 47.6 Å². The molecule has 1 saturated heterocycles. The molecule has 1 N–H and O–H groups in total. The van der Waals surface area contributed by atoms with Crippen molar-refractivity contribution in [3.05, 3.63) is 19.2 Å². The van der Waals surface area contributed by atoms with Crippen LogP contribution in [0, 0.1) is 0 Å². The maximum absolute atomic E-state index is 11.8. The van der Waals surface area contributed by atoms with E-state index in [9.17, 15) is 4.79 Å². The van der Waals surface area contributed by atoms with Crippen molar-refractivity contribution in [2.24, 2.45) is 0 Å².